The number of rotatable bonds is 14. The SMILES string of the molecule is C=C(C)C(=O)OCCC[Si](C)(C)C(C)(CC)O[Si](C)(C)/C=C/[Si](C)(C)C(C)(C)O[Si](C)(C)C. The van der Waals surface area contributed by atoms with Crippen LogP contribution < -0.4 is 0 Å². The number of carbonyl (C=O) groups excluding carboxylic acids is 1. The molecule has 0 aromatic rings. The van der Waals surface area contributed by atoms with Crippen LogP contribution in [0.5, 0.6) is 0 Å². The summed E-state index contributed by atoms with van der Waals surface area (Å²) >= 11 is 0. The Morgan fingerprint density at radius 1 is 0.909 bits per heavy atom. The molecule has 0 amide bonds. The molecule has 0 saturated carbocycles. The molecule has 194 valence electrons. The van der Waals surface area contributed by atoms with Crippen LogP contribution in [0.1, 0.15) is 47.5 Å². The van der Waals surface area contributed by atoms with Crippen LogP contribution in [-0.2, 0) is 18.4 Å². The van der Waals surface area contributed by atoms with Gasteiger partial charge >= 0.3 is 5.97 Å². The summed E-state index contributed by atoms with van der Waals surface area (Å²) in [7, 11) is -7.21. The lowest BCUT2D eigenvalue weighted by Crippen LogP contribution is -2.58. The monoisotopic (exact) mass is 530 g/mol. The second-order valence-corrected chi connectivity index (χ2v) is 31.5. The average Bonchev–Trinajstić information content (AvgIpc) is 2.60. The highest BCUT2D eigenvalue weighted by atomic mass is 28.4. The summed E-state index contributed by atoms with van der Waals surface area (Å²) in [6.45, 7) is 35.9. The molecule has 0 saturated heterocycles. The fourth-order valence-corrected chi connectivity index (χ4v) is 16.8. The maximum absolute atomic E-state index is 11.7. The van der Waals surface area contributed by atoms with E-state index in [0.717, 1.165) is 18.9 Å². The Bertz CT molecular complexity index is 706. The van der Waals surface area contributed by atoms with Gasteiger partial charge in [-0.3, -0.25) is 0 Å². The second kappa shape index (κ2) is 11.6. The van der Waals surface area contributed by atoms with Crippen molar-refractivity contribution in [2.75, 3.05) is 6.61 Å². The Balaban J connectivity index is 5.42. The lowest BCUT2D eigenvalue weighted by atomic mass is 10.3. The molecule has 0 aromatic heterocycles. The van der Waals surface area contributed by atoms with Gasteiger partial charge in [-0.05, 0) is 73.3 Å². The van der Waals surface area contributed by atoms with Gasteiger partial charge in [0, 0.05) is 16.0 Å². The maximum atomic E-state index is 11.7. The molecule has 0 aliphatic rings. The molecule has 0 heterocycles. The Labute approximate surface area is 209 Å². The van der Waals surface area contributed by atoms with Crippen molar-refractivity contribution >= 4 is 38.8 Å². The van der Waals surface area contributed by atoms with E-state index in [-0.39, 0.29) is 16.4 Å². The zero-order valence-electron chi connectivity index (χ0n) is 24.3. The first-order valence-electron chi connectivity index (χ1n) is 12.4. The van der Waals surface area contributed by atoms with Crippen LogP contribution in [0.25, 0.3) is 0 Å². The van der Waals surface area contributed by atoms with Crippen molar-refractivity contribution in [2.45, 2.75) is 123 Å². The number of hydrogen-bond acceptors (Lipinski definition) is 4. The molecule has 33 heavy (non-hydrogen) atoms. The first-order chi connectivity index (χ1) is 14.5. The molecule has 0 rings (SSSR count). The Hall–Kier alpha value is -0.262. The van der Waals surface area contributed by atoms with Gasteiger partial charge in [-0.1, -0.05) is 57.1 Å². The van der Waals surface area contributed by atoms with Gasteiger partial charge in [0.15, 0.2) is 8.32 Å². The fourth-order valence-electron chi connectivity index (χ4n) is 3.88. The fraction of sp³-hybridized carbons (Fsp3) is 0.800. The standard InChI is InChI=1S/C25H54O4Si4/c1-16-25(6,32(12,13)19-17-18-27-23(26)22(2)3)29-33(14,15)21-20-31(10,11)24(4,5)28-30(7,8)9/h20-21H,2,16-19H2,1,3-15H3/b21-20+. The number of esters is 1. The molecule has 0 aromatic carbocycles. The van der Waals surface area contributed by atoms with E-state index in [1.54, 1.807) is 6.92 Å². The molecule has 4 nitrogen and oxygen atoms in total. The normalized spacial score (nSPS) is 16.1. The summed E-state index contributed by atoms with van der Waals surface area (Å²) in [6, 6.07) is 1.06. The van der Waals surface area contributed by atoms with Crippen LogP contribution in [0.2, 0.25) is 65.0 Å². The molecule has 0 aliphatic carbocycles. The molecular formula is C25H54O4Si4. The molecule has 1 unspecified atom stereocenters. The van der Waals surface area contributed by atoms with E-state index in [1.807, 2.05) is 0 Å². The van der Waals surface area contributed by atoms with Gasteiger partial charge in [0.1, 0.15) is 8.07 Å². The Kier molecular flexibility index (Phi) is 11.6. The van der Waals surface area contributed by atoms with E-state index >= 15 is 0 Å². The van der Waals surface area contributed by atoms with Crippen molar-refractivity contribution in [1.29, 1.82) is 0 Å². The van der Waals surface area contributed by atoms with Crippen LogP contribution in [0, 0.1) is 0 Å². The third-order valence-electron chi connectivity index (χ3n) is 7.14. The minimum atomic E-state index is -2.05. The second-order valence-electron chi connectivity index (χ2n) is 13.0. The predicted molar refractivity (Wildman–Crippen MR) is 155 cm³/mol. The highest BCUT2D eigenvalue weighted by molar-refractivity contribution is 6.88. The number of hydrogen-bond donors (Lipinski definition) is 0. The van der Waals surface area contributed by atoms with E-state index in [4.69, 9.17) is 13.6 Å². The molecule has 0 radical (unpaired) electrons. The highest BCUT2D eigenvalue weighted by Gasteiger charge is 2.46. The molecule has 0 aliphatic heterocycles. The van der Waals surface area contributed by atoms with Crippen molar-refractivity contribution in [2.24, 2.45) is 0 Å². The maximum Gasteiger partial charge on any atom is 0.333 e. The van der Waals surface area contributed by atoms with Crippen LogP contribution in [0.4, 0.5) is 0 Å². The molecule has 8 heteroatoms. The van der Waals surface area contributed by atoms with E-state index in [1.165, 1.54) is 0 Å². The van der Waals surface area contributed by atoms with Crippen molar-refractivity contribution in [3.8, 4) is 0 Å². The molecule has 1 atom stereocenters. The minimum Gasteiger partial charge on any atom is -0.462 e. The van der Waals surface area contributed by atoms with E-state index < -0.39 is 32.8 Å². The topological polar surface area (TPSA) is 44.8 Å². The molecule has 0 bridgehead atoms. The zero-order valence-corrected chi connectivity index (χ0v) is 28.3. The summed E-state index contributed by atoms with van der Waals surface area (Å²) in [5.41, 5.74) is 5.35. The first kappa shape index (κ1) is 32.7. The van der Waals surface area contributed by atoms with Gasteiger partial charge in [0.05, 0.1) is 14.7 Å². The van der Waals surface area contributed by atoms with E-state index in [9.17, 15) is 4.79 Å². The van der Waals surface area contributed by atoms with Crippen LogP contribution in [0.3, 0.4) is 0 Å². The van der Waals surface area contributed by atoms with Gasteiger partial charge < -0.3 is 13.6 Å². The van der Waals surface area contributed by atoms with Gasteiger partial charge in [0.2, 0.25) is 8.32 Å². The van der Waals surface area contributed by atoms with Gasteiger partial charge in [0.25, 0.3) is 0 Å². The minimum absolute atomic E-state index is 0.109. The summed E-state index contributed by atoms with van der Waals surface area (Å²) in [5, 5.41) is -0.233. The summed E-state index contributed by atoms with van der Waals surface area (Å²) in [4.78, 5) is 11.7. The lowest BCUT2D eigenvalue weighted by molar-refractivity contribution is -0.138. The summed E-state index contributed by atoms with van der Waals surface area (Å²) < 4.78 is 19.0. The van der Waals surface area contributed by atoms with Crippen LogP contribution >= 0.6 is 0 Å². The van der Waals surface area contributed by atoms with Gasteiger partial charge in [-0.15, -0.1) is 0 Å². The summed E-state index contributed by atoms with van der Waals surface area (Å²) in [5.74, 6) is -0.296. The first-order valence-corrected chi connectivity index (χ1v) is 25.1. The van der Waals surface area contributed by atoms with E-state index in [0.29, 0.717) is 12.2 Å². The lowest BCUT2D eigenvalue weighted by Gasteiger charge is -2.47. The third kappa shape index (κ3) is 10.5. The Morgan fingerprint density at radius 3 is 1.85 bits per heavy atom. The van der Waals surface area contributed by atoms with E-state index in [2.05, 4.69) is 105 Å². The highest BCUT2D eigenvalue weighted by Crippen LogP contribution is 2.36. The third-order valence-corrected chi connectivity index (χ3v) is 20.1. The van der Waals surface area contributed by atoms with Crippen molar-refractivity contribution in [3.63, 3.8) is 0 Å². The smallest absolute Gasteiger partial charge is 0.333 e. The van der Waals surface area contributed by atoms with Crippen molar-refractivity contribution in [3.05, 3.63) is 23.6 Å². The molecule has 0 spiro atoms. The summed E-state index contributed by atoms with van der Waals surface area (Å²) in [6.07, 6.45) is 1.87. The average molecular weight is 531 g/mol. The number of ether oxygens (including phenoxy) is 1. The van der Waals surface area contributed by atoms with Crippen LogP contribution in [-0.4, -0.2) is 55.8 Å². The van der Waals surface area contributed by atoms with Crippen LogP contribution in [0.15, 0.2) is 23.6 Å². The zero-order chi connectivity index (χ0) is 26.5. The van der Waals surface area contributed by atoms with Crippen molar-refractivity contribution in [1.82, 2.24) is 0 Å². The molecule has 0 N–H and O–H groups in total. The quantitative estimate of drug-likeness (QED) is 0.100. The van der Waals surface area contributed by atoms with Gasteiger partial charge in [-0.25, -0.2) is 4.79 Å². The molecule has 0 fully saturated rings. The largest absolute Gasteiger partial charge is 0.462 e. The predicted octanol–water partition coefficient (Wildman–Crippen LogP) is 7.65. The molecular weight excluding hydrogens is 477 g/mol. The van der Waals surface area contributed by atoms with Gasteiger partial charge in [-0.2, -0.15) is 0 Å². The Morgan fingerprint density at radius 2 is 1.42 bits per heavy atom. The number of carbonyl (C=O) groups is 1. The van der Waals surface area contributed by atoms with Crippen molar-refractivity contribution < 1.29 is 18.4 Å².